The van der Waals surface area contributed by atoms with Crippen molar-refractivity contribution in [1.29, 1.82) is 0 Å². The molecule has 1 N–H and O–H groups in total. The molecular weight excluding hydrogens is 566 g/mol. The van der Waals surface area contributed by atoms with Crippen LogP contribution in [0.25, 0.3) is 0 Å². The summed E-state index contributed by atoms with van der Waals surface area (Å²) in [6, 6.07) is 15.0. The van der Waals surface area contributed by atoms with E-state index >= 15 is 0 Å². The molecule has 4 aromatic rings. The maximum absolute atomic E-state index is 13.5. The van der Waals surface area contributed by atoms with Gasteiger partial charge in [0.1, 0.15) is 0 Å². The van der Waals surface area contributed by atoms with E-state index in [-0.39, 0.29) is 10.7 Å². The van der Waals surface area contributed by atoms with E-state index in [1.165, 1.54) is 53.6 Å². The third-order valence-electron chi connectivity index (χ3n) is 5.83. The average molecular weight is 586 g/mol. The molecule has 1 aliphatic heterocycles. The summed E-state index contributed by atoms with van der Waals surface area (Å²) in [6.45, 7) is 0. The number of halogens is 1. The van der Waals surface area contributed by atoms with Crippen LogP contribution in [0.4, 0.5) is 5.13 Å². The van der Waals surface area contributed by atoms with Crippen LogP contribution in [0.2, 0.25) is 5.02 Å². The van der Waals surface area contributed by atoms with Gasteiger partial charge in [0.2, 0.25) is 10.9 Å². The Morgan fingerprint density at radius 3 is 2.61 bits per heavy atom. The maximum Gasteiger partial charge on any atom is 0.296 e. The molecule has 1 amide bonds. The zero-order valence-corrected chi connectivity index (χ0v) is 23.3. The van der Waals surface area contributed by atoms with Crippen LogP contribution in [0.3, 0.4) is 0 Å². The van der Waals surface area contributed by atoms with Gasteiger partial charge in [-0.15, -0.1) is 21.5 Å². The zero-order valence-electron chi connectivity index (χ0n) is 20.1. The number of carbonyl (C=O) groups is 2. The highest BCUT2D eigenvalue weighted by molar-refractivity contribution is 8.00. The van der Waals surface area contributed by atoms with Crippen molar-refractivity contribution < 1.29 is 24.2 Å². The third kappa shape index (κ3) is 4.90. The Hall–Kier alpha value is -3.38. The van der Waals surface area contributed by atoms with Gasteiger partial charge in [0.05, 0.1) is 30.7 Å². The Morgan fingerprint density at radius 2 is 1.89 bits per heavy atom. The number of hydrogen-bond donors (Lipinski definition) is 1. The number of amides is 1. The lowest BCUT2D eigenvalue weighted by Crippen LogP contribution is -2.31. The number of Topliss-reactive ketones (excluding diaryl/α,β-unsaturated/α-hetero) is 1. The van der Waals surface area contributed by atoms with Crippen molar-refractivity contribution in [3.05, 3.63) is 92.3 Å². The maximum atomic E-state index is 13.5. The first kappa shape index (κ1) is 26.2. The second kappa shape index (κ2) is 11.2. The smallest absolute Gasteiger partial charge is 0.296 e. The summed E-state index contributed by atoms with van der Waals surface area (Å²) in [5, 5.41) is 22.1. The van der Waals surface area contributed by atoms with Crippen LogP contribution >= 0.6 is 46.0 Å². The molecule has 0 saturated heterocycles. The molecule has 0 radical (unpaired) electrons. The summed E-state index contributed by atoms with van der Waals surface area (Å²) in [6.07, 6.45) is 0. The van der Waals surface area contributed by atoms with Gasteiger partial charge in [-0.2, -0.15) is 0 Å². The summed E-state index contributed by atoms with van der Waals surface area (Å²) < 4.78 is 11.4. The van der Waals surface area contributed by atoms with E-state index < -0.39 is 23.5 Å². The summed E-state index contributed by atoms with van der Waals surface area (Å²) in [7, 11) is 3.01. The molecule has 194 valence electrons. The van der Waals surface area contributed by atoms with E-state index in [4.69, 9.17) is 21.1 Å². The Balaban J connectivity index is 1.53. The summed E-state index contributed by atoms with van der Waals surface area (Å²) in [5.41, 5.74) is 1.45. The zero-order chi connectivity index (χ0) is 26.8. The van der Waals surface area contributed by atoms with E-state index in [0.717, 1.165) is 5.56 Å². The van der Waals surface area contributed by atoms with Gasteiger partial charge < -0.3 is 14.6 Å². The molecule has 5 rings (SSSR count). The molecule has 1 unspecified atom stereocenters. The van der Waals surface area contributed by atoms with Crippen molar-refractivity contribution in [2.45, 2.75) is 16.1 Å². The molecule has 1 aliphatic rings. The number of rotatable bonds is 9. The number of aromatic nitrogens is 2. The minimum atomic E-state index is -0.953. The number of hydrogen-bond acceptors (Lipinski definition) is 10. The lowest BCUT2D eigenvalue weighted by atomic mass is 9.95. The molecule has 1 atom stereocenters. The molecule has 0 spiro atoms. The average Bonchev–Trinajstić information content (AvgIpc) is 3.68. The molecule has 8 nitrogen and oxygen atoms in total. The third-order valence-corrected chi connectivity index (χ3v) is 9.17. The van der Waals surface area contributed by atoms with Crippen molar-refractivity contribution >= 4 is 62.9 Å². The van der Waals surface area contributed by atoms with Gasteiger partial charge >= 0.3 is 0 Å². The normalized spacial score (nSPS) is 15.3. The van der Waals surface area contributed by atoms with Crippen molar-refractivity contribution in [3.8, 4) is 11.5 Å². The van der Waals surface area contributed by atoms with Crippen molar-refractivity contribution in [2.24, 2.45) is 0 Å². The molecule has 0 fully saturated rings. The number of thioether (sulfide) groups is 1. The van der Waals surface area contributed by atoms with Gasteiger partial charge in [-0.25, -0.2) is 0 Å². The van der Waals surface area contributed by atoms with E-state index in [2.05, 4.69) is 10.2 Å². The summed E-state index contributed by atoms with van der Waals surface area (Å²) in [5.74, 6) is -0.328. The predicted octanol–water partition coefficient (Wildman–Crippen LogP) is 6.35. The summed E-state index contributed by atoms with van der Waals surface area (Å²) >= 11 is 10.1. The lowest BCUT2D eigenvalue weighted by Gasteiger charge is -2.24. The fraction of sp³-hybridized carbons (Fsp3) is 0.154. The molecule has 2 aromatic heterocycles. The predicted molar refractivity (Wildman–Crippen MR) is 149 cm³/mol. The van der Waals surface area contributed by atoms with E-state index in [0.29, 0.717) is 37.1 Å². The van der Waals surface area contributed by atoms with Crippen molar-refractivity contribution in [2.75, 3.05) is 19.1 Å². The number of ketones is 1. The number of nitrogens with zero attached hydrogens (tertiary/aromatic N) is 3. The van der Waals surface area contributed by atoms with Crippen molar-refractivity contribution in [3.63, 3.8) is 0 Å². The number of carbonyl (C=O) groups excluding carboxylic acids is 2. The number of anilines is 1. The van der Waals surface area contributed by atoms with E-state index in [1.54, 1.807) is 35.7 Å². The van der Waals surface area contributed by atoms with Crippen LogP contribution in [0.15, 0.2) is 75.6 Å². The number of ether oxygens (including phenoxy) is 2. The van der Waals surface area contributed by atoms with Crippen LogP contribution in [0.5, 0.6) is 11.5 Å². The molecule has 2 aromatic carbocycles. The van der Waals surface area contributed by atoms with Gasteiger partial charge in [-0.1, -0.05) is 65.0 Å². The van der Waals surface area contributed by atoms with Gasteiger partial charge in [0.25, 0.3) is 5.91 Å². The van der Waals surface area contributed by atoms with Crippen LogP contribution in [-0.4, -0.2) is 41.2 Å². The highest BCUT2D eigenvalue weighted by atomic mass is 35.5. The lowest BCUT2D eigenvalue weighted by molar-refractivity contribution is -0.117. The number of aliphatic hydroxyl groups is 1. The molecule has 3 heterocycles. The van der Waals surface area contributed by atoms with Crippen LogP contribution < -0.4 is 14.4 Å². The van der Waals surface area contributed by atoms with Gasteiger partial charge in [0.15, 0.2) is 21.6 Å². The molecule has 38 heavy (non-hydrogen) atoms. The van der Waals surface area contributed by atoms with Crippen LogP contribution in [0, 0.1) is 0 Å². The largest absolute Gasteiger partial charge is 0.503 e. The quantitative estimate of drug-likeness (QED) is 0.138. The SMILES string of the molecule is COc1ccc(C2C(C(=O)c3cccs3)=C(O)C(=O)N2c2nnc(SCc3ccccc3Cl)s2)cc1OC. The second-order valence-corrected chi connectivity index (χ2v) is 11.5. The topological polar surface area (TPSA) is 102 Å². The minimum Gasteiger partial charge on any atom is -0.503 e. The van der Waals surface area contributed by atoms with Gasteiger partial charge in [-0.05, 0) is 40.8 Å². The first-order valence-corrected chi connectivity index (χ1v) is 14.3. The van der Waals surface area contributed by atoms with Gasteiger partial charge in [-0.3, -0.25) is 14.5 Å². The molecule has 0 aliphatic carbocycles. The Labute approximate surface area is 235 Å². The molecule has 0 bridgehead atoms. The number of thiophene rings is 1. The highest BCUT2D eigenvalue weighted by Gasteiger charge is 2.46. The molecule has 0 saturated carbocycles. The fourth-order valence-electron chi connectivity index (χ4n) is 4.03. The first-order chi connectivity index (χ1) is 18.4. The highest BCUT2D eigenvalue weighted by Crippen LogP contribution is 2.45. The number of methoxy groups -OCH3 is 2. The number of benzene rings is 2. The summed E-state index contributed by atoms with van der Waals surface area (Å²) in [4.78, 5) is 28.6. The van der Waals surface area contributed by atoms with Crippen LogP contribution in [-0.2, 0) is 10.5 Å². The molecule has 12 heteroatoms. The minimum absolute atomic E-state index is 0.0369. The van der Waals surface area contributed by atoms with Gasteiger partial charge in [0, 0.05) is 10.8 Å². The van der Waals surface area contributed by atoms with E-state index in [9.17, 15) is 14.7 Å². The van der Waals surface area contributed by atoms with Crippen LogP contribution in [0.1, 0.15) is 26.8 Å². The molecular formula is C26H20ClN3O5S3. The number of aliphatic hydroxyl groups excluding tert-OH is 1. The van der Waals surface area contributed by atoms with Crippen molar-refractivity contribution in [1.82, 2.24) is 10.2 Å². The Kier molecular flexibility index (Phi) is 7.70. The second-order valence-electron chi connectivity index (χ2n) is 7.99. The first-order valence-electron chi connectivity index (χ1n) is 11.2. The van der Waals surface area contributed by atoms with E-state index in [1.807, 2.05) is 24.3 Å². The Bertz CT molecular complexity index is 1540. The standard InChI is InChI=1S/C26H20ClN3O5S3/c1-34-17-10-9-14(12-18(17)35-2)21-20(22(31)19-8-5-11-36-19)23(32)24(33)30(21)25-28-29-26(38-25)37-13-15-6-3-4-7-16(15)27/h3-12,21,32H,13H2,1-2H3. The fourth-order valence-corrected chi connectivity index (χ4v) is 6.86. The Morgan fingerprint density at radius 1 is 1.11 bits per heavy atom. The monoisotopic (exact) mass is 585 g/mol.